The molecule has 0 unspecified atom stereocenters. The molecule has 4 aromatic heterocycles. The average Bonchev–Trinajstić information content (AvgIpc) is 3.48. The van der Waals surface area contributed by atoms with Crippen molar-refractivity contribution >= 4 is 5.52 Å². The molecule has 1 saturated heterocycles. The van der Waals surface area contributed by atoms with Crippen LogP contribution in [0.3, 0.4) is 0 Å². The third kappa shape index (κ3) is 3.65. The van der Waals surface area contributed by atoms with Crippen LogP contribution >= 0.6 is 0 Å². The van der Waals surface area contributed by atoms with E-state index in [1.165, 1.54) is 12.8 Å². The molecule has 1 atom stereocenters. The molecule has 1 N–H and O–H groups in total. The van der Waals surface area contributed by atoms with Crippen molar-refractivity contribution in [3.63, 3.8) is 0 Å². The summed E-state index contributed by atoms with van der Waals surface area (Å²) in [5.74, 6) is 0.581. The Kier molecular flexibility index (Phi) is 5.26. The lowest BCUT2D eigenvalue weighted by Crippen LogP contribution is -2.46. The maximum atomic E-state index is 9.75. The fourth-order valence-corrected chi connectivity index (χ4v) is 5.70. The summed E-state index contributed by atoms with van der Waals surface area (Å²) in [6.45, 7) is 6.23. The molecule has 1 spiro atoms. The number of pyridine rings is 2. The van der Waals surface area contributed by atoms with Gasteiger partial charge >= 0.3 is 0 Å². The summed E-state index contributed by atoms with van der Waals surface area (Å²) in [4.78, 5) is 4.39. The molecule has 1 aliphatic carbocycles. The topological polar surface area (TPSA) is 106 Å². The van der Waals surface area contributed by atoms with Crippen molar-refractivity contribution in [3.8, 4) is 23.2 Å². The molecular formula is C26H28N8O. The van der Waals surface area contributed by atoms with Gasteiger partial charge in [-0.3, -0.25) is 4.98 Å². The molecule has 2 aliphatic rings. The Morgan fingerprint density at radius 1 is 1.20 bits per heavy atom. The molecule has 1 aliphatic heterocycles. The number of rotatable bonds is 5. The molecule has 0 bridgehead atoms. The Morgan fingerprint density at radius 2 is 2.03 bits per heavy atom. The Labute approximate surface area is 203 Å². The van der Waals surface area contributed by atoms with E-state index in [2.05, 4.69) is 43.4 Å². The fourth-order valence-electron chi connectivity index (χ4n) is 5.70. The minimum atomic E-state index is -0.282. The Hall–Kier alpha value is -3.77. The lowest BCUT2D eigenvalue weighted by molar-refractivity contribution is 0.0212. The molecule has 4 aromatic rings. The van der Waals surface area contributed by atoms with Crippen LogP contribution in [0.4, 0.5) is 0 Å². The molecule has 6 rings (SSSR count). The molecule has 0 amide bonds. The van der Waals surface area contributed by atoms with Crippen LogP contribution in [0.25, 0.3) is 16.9 Å². The van der Waals surface area contributed by atoms with E-state index in [4.69, 9.17) is 4.74 Å². The number of piperidine rings is 1. The van der Waals surface area contributed by atoms with Gasteiger partial charge in [-0.15, -0.1) is 5.10 Å². The summed E-state index contributed by atoms with van der Waals surface area (Å²) < 4.78 is 10.1. The normalized spacial score (nSPS) is 18.3. The maximum Gasteiger partial charge on any atom is 0.147 e. The molecule has 9 nitrogen and oxygen atoms in total. The number of nitriles is 1. The first-order chi connectivity index (χ1) is 17.1. The predicted molar refractivity (Wildman–Crippen MR) is 130 cm³/mol. The molecule has 5 heterocycles. The maximum absolute atomic E-state index is 9.75. The minimum Gasteiger partial charge on any atom is -0.482 e. The zero-order valence-corrected chi connectivity index (χ0v) is 20.0. The molecule has 9 heteroatoms. The number of nitrogens with one attached hydrogen (secondary N) is 1. The highest BCUT2D eigenvalue weighted by atomic mass is 16.5. The summed E-state index contributed by atoms with van der Waals surface area (Å²) in [6, 6.07) is 12.2. The van der Waals surface area contributed by atoms with Gasteiger partial charge in [0, 0.05) is 6.20 Å². The van der Waals surface area contributed by atoms with Gasteiger partial charge < -0.3 is 10.1 Å². The van der Waals surface area contributed by atoms with E-state index in [1.807, 2.05) is 37.3 Å². The lowest BCUT2D eigenvalue weighted by atomic mass is 9.60. The highest BCUT2D eigenvalue weighted by Gasteiger charge is 2.46. The van der Waals surface area contributed by atoms with E-state index >= 15 is 0 Å². The summed E-state index contributed by atoms with van der Waals surface area (Å²) in [5, 5.41) is 26.8. The zero-order valence-electron chi connectivity index (χ0n) is 20.0. The average molecular weight is 469 g/mol. The van der Waals surface area contributed by atoms with Gasteiger partial charge in [0.25, 0.3) is 0 Å². The third-order valence-corrected chi connectivity index (χ3v) is 7.67. The Balaban J connectivity index is 1.33. The van der Waals surface area contributed by atoms with Crippen molar-refractivity contribution in [1.82, 2.24) is 34.9 Å². The van der Waals surface area contributed by atoms with Crippen molar-refractivity contribution in [1.29, 1.82) is 5.26 Å². The number of fused-ring (bicyclic) bond motifs is 1. The Morgan fingerprint density at radius 3 is 2.77 bits per heavy atom. The Bertz CT molecular complexity index is 1400. The molecule has 1 saturated carbocycles. The summed E-state index contributed by atoms with van der Waals surface area (Å²) in [5.41, 5.74) is 4.95. The van der Waals surface area contributed by atoms with E-state index < -0.39 is 0 Å². The van der Waals surface area contributed by atoms with Crippen molar-refractivity contribution in [2.75, 3.05) is 13.1 Å². The van der Waals surface area contributed by atoms with Crippen molar-refractivity contribution in [3.05, 3.63) is 59.7 Å². The first-order valence-electron chi connectivity index (χ1n) is 12.2. The number of nitrogens with zero attached hydrogens (tertiary/aromatic N) is 7. The second-order valence-electron chi connectivity index (χ2n) is 9.81. The van der Waals surface area contributed by atoms with Gasteiger partial charge in [-0.05, 0) is 82.3 Å². The summed E-state index contributed by atoms with van der Waals surface area (Å²) in [7, 11) is 0. The highest BCUT2D eigenvalue weighted by Crippen LogP contribution is 2.54. The molecule has 0 radical (unpaired) electrons. The third-order valence-electron chi connectivity index (χ3n) is 7.67. The van der Waals surface area contributed by atoms with Crippen LogP contribution in [0, 0.1) is 23.7 Å². The van der Waals surface area contributed by atoms with Crippen LogP contribution in [-0.2, 0) is 0 Å². The van der Waals surface area contributed by atoms with Crippen LogP contribution in [0.15, 0.2) is 42.7 Å². The summed E-state index contributed by atoms with van der Waals surface area (Å²) in [6.07, 6.45) is 7.84. The highest BCUT2D eigenvalue weighted by molar-refractivity contribution is 5.74. The number of hydrogen-bond acceptors (Lipinski definition) is 7. The monoisotopic (exact) mass is 468 g/mol. The molecule has 178 valence electrons. The van der Waals surface area contributed by atoms with Gasteiger partial charge in [0.05, 0.1) is 29.3 Å². The van der Waals surface area contributed by atoms with Gasteiger partial charge in [-0.2, -0.15) is 10.4 Å². The quantitative estimate of drug-likeness (QED) is 0.472. The van der Waals surface area contributed by atoms with E-state index in [9.17, 15) is 5.26 Å². The fraction of sp³-hybridized carbons (Fsp3) is 0.423. The van der Waals surface area contributed by atoms with Gasteiger partial charge in [0.2, 0.25) is 0 Å². The predicted octanol–water partition coefficient (Wildman–Crippen LogP) is 4.01. The SMILES string of the molecule is Cc1c(-c2ccc(O[C@H](C)c3ccccn3)c3c(C#N)cnn23)nnn1C1CC2(CCNCC2)C1. The summed E-state index contributed by atoms with van der Waals surface area (Å²) >= 11 is 0. The van der Waals surface area contributed by atoms with E-state index in [0.717, 1.165) is 48.7 Å². The molecule has 2 fully saturated rings. The lowest BCUT2D eigenvalue weighted by Gasteiger charge is -2.50. The number of ether oxygens (including phenoxy) is 1. The molecule has 35 heavy (non-hydrogen) atoms. The van der Waals surface area contributed by atoms with Gasteiger partial charge in [0.1, 0.15) is 34.7 Å². The number of hydrogen-bond donors (Lipinski definition) is 1. The minimum absolute atomic E-state index is 0.282. The van der Waals surface area contributed by atoms with Crippen LogP contribution < -0.4 is 10.1 Å². The van der Waals surface area contributed by atoms with E-state index in [0.29, 0.717) is 28.3 Å². The zero-order chi connectivity index (χ0) is 24.0. The first kappa shape index (κ1) is 21.7. The van der Waals surface area contributed by atoms with Crippen LogP contribution in [-0.4, -0.2) is 42.7 Å². The second kappa shape index (κ2) is 8.47. The molecular weight excluding hydrogens is 440 g/mol. The van der Waals surface area contributed by atoms with Crippen LogP contribution in [0.5, 0.6) is 5.75 Å². The van der Waals surface area contributed by atoms with Gasteiger partial charge in [-0.25, -0.2) is 9.20 Å². The number of aromatic nitrogens is 6. The van der Waals surface area contributed by atoms with E-state index in [-0.39, 0.29) is 6.10 Å². The van der Waals surface area contributed by atoms with Gasteiger partial charge in [-0.1, -0.05) is 11.3 Å². The first-order valence-corrected chi connectivity index (χ1v) is 12.2. The van der Waals surface area contributed by atoms with E-state index in [1.54, 1.807) is 16.9 Å². The van der Waals surface area contributed by atoms with Crippen molar-refractivity contribution < 1.29 is 4.74 Å². The largest absolute Gasteiger partial charge is 0.482 e. The van der Waals surface area contributed by atoms with Crippen molar-refractivity contribution in [2.24, 2.45) is 5.41 Å². The van der Waals surface area contributed by atoms with Crippen molar-refractivity contribution in [2.45, 2.75) is 51.7 Å². The second-order valence-corrected chi connectivity index (χ2v) is 9.81. The molecule has 0 aromatic carbocycles. The van der Waals surface area contributed by atoms with Crippen LogP contribution in [0.2, 0.25) is 0 Å². The van der Waals surface area contributed by atoms with Gasteiger partial charge in [0.15, 0.2) is 0 Å². The standard InChI is InChI=1S/C26H28N8O/c1-17-24(31-32-33(17)20-13-26(14-20)8-11-28-12-9-26)22-6-7-23(25-19(15-27)16-30-34(22)25)35-18(2)21-5-3-4-10-29-21/h3-7,10,16,18,20,28H,8-9,11-14H2,1-2H3/t18-/m1/s1. The smallest absolute Gasteiger partial charge is 0.147 e. The van der Waals surface area contributed by atoms with Crippen LogP contribution in [0.1, 0.15) is 61.7 Å².